The molecule has 0 saturated heterocycles. The van der Waals surface area contributed by atoms with Crippen molar-refractivity contribution in [2.75, 3.05) is 6.79 Å². The first-order valence-electron chi connectivity index (χ1n) is 8.69. The van der Waals surface area contributed by atoms with Gasteiger partial charge in [0, 0.05) is 4.47 Å². The number of ether oxygens (including phenoxy) is 2. The second kappa shape index (κ2) is 6.94. The number of hydrogen-bond donors (Lipinski definition) is 1. The molecule has 0 unspecified atom stereocenters. The van der Waals surface area contributed by atoms with Gasteiger partial charge in [-0.2, -0.15) is 0 Å². The average Bonchev–Trinajstić information content (AvgIpc) is 3.12. The molecule has 2 aromatic carbocycles. The third-order valence-corrected chi connectivity index (χ3v) is 5.14. The fraction of sp³-hybridized carbons (Fsp3) is 0.250. The van der Waals surface area contributed by atoms with Crippen molar-refractivity contribution >= 4 is 32.7 Å². The van der Waals surface area contributed by atoms with E-state index in [2.05, 4.69) is 26.2 Å². The summed E-state index contributed by atoms with van der Waals surface area (Å²) in [6.45, 7) is 3.85. The van der Waals surface area contributed by atoms with Gasteiger partial charge in [0.25, 0.3) is 5.56 Å². The molecule has 3 aromatic rings. The van der Waals surface area contributed by atoms with Crippen LogP contribution in [0.25, 0.3) is 10.9 Å². The number of amides is 1. The monoisotopic (exact) mass is 443 g/mol. The van der Waals surface area contributed by atoms with Crippen molar-refractivity contribution in [1.29, 1.82) is 0 Å². The molecule has 8 heteroatoms. The van der Waals surface area contributed by atoms with Gasteiger partial charge in [0.1, 0.15) is 6.54 Å². The molecule has 0 bridgehead atoms. The van der Waals surface area contributed by atoms with Crippen LogP contribution in [0.3, 0.4) is 0 Å². The first-order valence-corrected chi connectivity index (χ1v) is 9.49. The zero-order valence-corrected chi connectivity index (χ0v) is 16.9. The van der Waals surface area contributed by atoms with Crippen molar-refractivity contribution in [3.63, 3.8) is 0 Å². The summed E-state index contributed by atoms with van der Waals surface area (Å²) in [5.74, 6) is 1.05. The Kier molecular flexibility index (Phi) is 4.58. The van der Waals surface area contributed by atoms with E-state index in [4.69, 9.17) is 9.47 Å². The molecule has 4 rings (SSSR count). The highest BCUT2D eigenvalue weighted by Gasteiger charge is 2.26. The van der Waals surface area contributed by atoms with E-state index >= 15 is 0 Å². The lowest BCUT2D eigenvalue weighted by molar-refractivity contribution is -0.123. The van der Waals surface area contributed by atoms with Crippen molar-refractivity contribution in [1.82, 2.24) is 14.9 Å². The van der Waals surface area contributed by atoms with Gasteiger partial charge in [0.2, 0.25) is 12.7 Å². The van der Waals surface area contributed by atoms with E-state index in [1.807, 2.05) is 38.1 Å². The van der Waals surface area contributed by atoms with Crippen molar-refractivity contribution in [3.05, 3.63) is 63.1 Å². The van der Waals surface area contributed by atoms with E-state index in [0.29, 0.717) is 22.4 Å². The number of fused-ring (bicyclic) bond motifs is 2. The van der Waals surface area contributed by atoms with Gasteiger partial charge in [-0.1, -0.05) is 22.0 Å². The fourth-order valence-corrected chi connectivity index (χ4v) is 3.51. The van der Waals surface area contributed by atoms with Gasteiger partial charge in [0.15, 0.2) is 11.5 Å². The summed E-state index contributed by atoms with van der Waals surface area (Å²) in [7, 11) is 0. The molecule has 0 radical (unpaired) electrons. The SMILES string of the molecule is CC(C)(NC(=O)Cn1cnc2ccc(Br)cc2c1=O)c1ccc2c(c1)OCO2. The second-order valence-corrected chi connectivity index (χ2v) is 8.00. The number of nitrogens with one attached hydrogen (secondary N) is 1. The van der Waals surface area contributed by atoms with E-state index in [1.54, 1.807) is 12.1 Å². The Hall–Kier alpha value is -2.87. The van der Waals surface area contributed by atoms with Crippen LogP contribution in [0.1, 0.15) is 19.4 Å². The normalized spacial score (nSPS) is 13.0. The van der Waals surface area contributed by atoms with Gasteiger partial charge in [-0.05, 0) is 49.7 Å². The molecular formula is C20H18BrN3O4. The predicted molar refractivity (Wildman–Crippen MR) is 107 cm³/mol. The third-order valence-electron chi connectivity index (χ3n) is 4.65. The van der Waals surface area contributed by atoms with Gasteiger partial charge in [0.05, 0.1) is 22.8 Å². The zero-order chi connectivity index (χ0) is 19.9. The van der Waals surface area contributed by atoms with Crippen LogP contribution in [0.2, 0.25) is 0 Å². The third kappa shape index (κ3) is 3.47. The average molecular weight is 444 g/mol. The molecule has 7 nitrogen and oxygen atoms in total. The van der Waals surface area contributed by atoms with Crippen LogP contribution in [0, 0.1) is 0 Å². The van der Waals surface area contributed by atoms with Crippen molar-refractivity contribution < 1.29 is 14.3 Å². The smallest absolute Gasteiger partial charge is 0.261 e. The number of halogens is 1. The minimum atomic E-state index is -0.658. The highest BCUT2D eigenvalue weighted by Crippen LogP contribution is 2.35. The molecule has 0 atom stereocenters. The summed E-state index contributed by atoms with van der Waals surface area (Å²) in [4.78, 5) is 29.6. The molecule has 1 amide bonds. The van der Waals surface area contributed by atoms with Crippen LogP contribution >= 0.6 is 15.9 Å². The Balaban J connectivity index is 1.55. The molecule has 1 N–H and O–H groups in total. The summed E-state index contributed by atoms with van der Waals surface area (Å²) in [5, 5.41) is 3.42. The molecule has 1 aliphatic heterocycles. The number of rotatable bonds is 4. The first kappa shape index (κ1) is 18.5. The first-order chi connectivity index (χ1) is 13.3. The Bertz CT molecular complexity index is 1140. The van der Waals surface area contributed by atoms with Gasteiger partial charge in [-0.3, -0.25) is 14.2 Å². The van der Waals surface area contributed by atoms with Crippen molar-refractivity contribution in [2.45, 2.75) is 25.9 Å². The number of aromatic nitrogens is 2. The minimum absolute atomic E-state index is 0.123. The molecule has 0 saturated carbocycles. The van der Waals surface area contributed by atoms with Gasteiger partial charge < -0.3 is 14.8 Å². The maximum absolute atomic E-state index is 12.7. The van der Waals surface area contributed by atoms with E-state index in [0.717, 1.165) is 10.0 Å². The minimum Gasteiger partial charge on any atom is -0.454 e. The van der Waals surface area contributed by atoms with E-state index in [-0.39, 0.29) is 24.8 Å². The van der Waals surface area contributed by atoms with Crippen LogP contribution in [0.4, 0.5) is 0 Å². The molecular weight excluding hydrogens is 426 g/mol. The molecule has 2 heterocycles. The van der Waals surface area contributed by atoms with E-state index in [9.17, 15) is 9.59 Å². The van der Waals surface area contributed by atoms with E-state index in [1.165, 1.54) is 10.9 Å². The lowest BCUT2D eigenvalue weighted by Crippen LogP contribution is -2.43. The summed E-state index contributed by atoms with van der Waals surface area (Å²) < 4.78 is 12.8. The summed E-state index contributed by atoms with van der Waals surface area (Å²) in [6.07, 6.45) is 1.39. The molecule has 1 aromatic heterocycles. The Morgan fingerprint density at radius 3 is 2.82 bits per heavy atom. The van der Waals surface area contributed by atoms with Crippen LogP contribution in [0.15, 0.2) is 52.0 Å². The maximum atomic E-state index is 12.7. The number of nitrogens with zero attached hydrogens (tertiary/aromatic N) is 2. The van der Waals surface area contributed by atoms with E-state index < -0.39 is 5.54 Å². The summed E-state index contributed by atoms with van der Waals surface area (Å²) >= 11 is 3.35. The highest BCUT2D eigenvalue weighted by atomic mass is 79.9. The highest BCUT2D eigenvalue weighted by molar-refractivity contribution is 9.10. The fourth-order valence-electron chi connectivity index (χ4n) is 3.14. The standard InChI is InChI=1S/C20H18BrN3O4/c1-20(2,12-3-6-16-17(7-12)28-11-27-16)23-18(25)9-24-10-22-15-5-4-13(21)8-14(15)19(24)26/h3-8,10H,9,11H2,1-2H3,(H,23,25). The molecule has 0 spiro atoms. The molecule has 0 aliphatic carbocycles. The van der Waals surface area contributed by atoms with Gasteiger partial charge in [-0.15, -0.1) is 0 Å². The number of carbonyl (C=O) groups excluding carboxylic acids is 1. The Morgan fingerprint density at radius 1 is 1.21 bits per heavy atom. The topological polar surface area (TPSA) is 82.5 Å². The molecule has 28 heavy (non-hydrogen) atoms. The van der Waals surface area contributed by atoms with Crippen molar-refractivity contribution in [2.24, 2.45) is 0 Å². The Morgan fingerprint density at radius 2 is 2.00 bits per heavy atom. The summed E-state index contributed by atoms with van der Waals surface area (Å²) in [6, 6.07) is 10.8. The van der Waals surface area contributed by atoms with Gasteiger partial charge in [-0.25, -0.2) is 4.98 Å². The molecule has 144 valence electrons. The second-order valence-electron chi connectivity index (χ2n) is 7.08. The van der Waals surface area contributed by atoms with Gasteiger partial charge >= 0.3 is 0 Å². The van der Waals surface area contributed by atoms with Crippen molar-refractivity contribution in [3.8, 4) is 11.5 Å². The number of hydrogen-bond acceptors (Lipinski definition) is 5. The lowest BCUT2D eigenvalue weighted by Gasteiger charge is -2.27. The van der Waals surface area contributed by atoms with Crippen LogP contribution in [-0.4, -0.2) is 22.3 Å². The number of carbonyl (C=O) groups is 1. The molecule has 1 aliphatic rings. The number of benzene rings is 2. The predicted octanol–water partition coefficient (Wildman–Crippen LogP) is 2.94. The largest absolute Gasteiger partial charge is 0.454 e. The Labute approximate surface area is 169 Å². The zero-order valence-electron chi connectivity index (χ0n) is 15.4. The van der Waals surface area contributed by atoms with Crippen LogP contribution < -0.4 is 20.3 Å². The maximum Gasteiger partial charge on any atom is 0.261 e. The molecule has 0 fully saturated rings. The summed E-state index contributed by atoms with van der Waals surface area (Å²) in [5.41, 5.74) is 0.542. The van der Waals surface area contributed by atoms with Crippen LogP contribution in [-0.2, 0) is 16.9 Å². The van der Waals surface area contributed by atoms with Crippen LogP contribution in [0.5, 0.6) is 11.5 Å². The lowest BCUT2D eigenvalue weighted by atomic mass is 9.94. The quantitative estimate of drug-likeness (QED) is 0.669.